The second kappa shape index (κ2) is 9.22. The van der Waals surface area contributed by atoms with Crippen molar-refractivity contribution in [2.75, 3.05) is 19.6 Å². The number of nitrogens with one attached hydrogen (secondary N) is 1. The molecule has 0 bridgehead atoms. The molecule has 154 valence electrons. The molecule has 6 heteroatoms. The molecule has 0 aliphatic carbocycles. The van der Waals surface area contributed by atoms with Crippen molar-refractivity contribution in [2.45, 2.75) is 12.0 Å². The predicted molar refractivity (Wildman–Crippen MR) is 115 cm³/mol. The Hall–Kier alpha value is -3.67. The van der Waals surface area contributed by atoms with Crippen molar-refractivity contribution >= 4 is 17.8 Å². The van der Waals surface area contributed by atoms with Gasteiger partial charge in [0.1, 0.15) is 6.54 Å². The highest BCUT2D eigenvalue weighted by Gasteiger charge is 2.52. The fraction of sp³-hybridized carbons (Fsp3) is 0.208. The van der Waals surface area contributed by atoms with E-state index >= 15 is 0 Å². The molecule has 2 aromatic carbocycles. The van der Waals surface area contributed by atoms with Crippen LogP contribution in [0.1, 0.15) is 11.1 Å². The van der Waals surface area contributed by atoms with Crippen LogP contribution in [-0.2, 0) is 21.5 Å². The monoisotopic (exact) mass is 403 g/mol. The summed E-state index contributed by atoms with van der Waals surface area (Å²) >= 11 is 0. The van der Waals surface area contributed by atoms with E-state index in [4.69, 9.17) is 0 Å². The van der Waals surface area contributed by atoms with Gasteiger partial charge < -0.3 is 10.2 Å². The van der Waals surface area contributed by atoms with Gasteiger partial charge in [0.2, 0.25) is 5.91 Å². The van der Waals surface area contributed by atoms with Gasteiger partial charge in [0, 0.05) is 19.5 Å². The number of hydrogen-bond acceptors (Lipinski definition) is 3. The van der Waals surface area contributed by atoms with Gasteiger partial charge in [-0.2, -0.15) is 0 Å². The second-order valence-corrected chi connectivity index (χ2v) is 7.13. The van der Waals surface area contributed by atoms with E-state index in [1.807, 2.05) is 60.7 Å². The van der Waals surface area contributed by atoms with Crippen molar-refractivity contribution in [3.63, 3.8) is 0 Å². The molecule has 1 aliphatic heterocycles. The van der Waals surface area contributed by atoms with Crippen LogP contribution in [0.4, 0.5) is 4.79 Å². The highest BCUT2D eigenvalue weighted by molar-refractivity contribution is 6.09. The quantitative estimate of drug-likeness (QED) is 0.517. The predicted octanol–water partition coefficient (Wildman–Crippen LogP) is 2.88. The zero-order valence-electron chi connectivity index (χ0n) is 16.8. The molecular formula is C24H25N3O3. The fourth-order valence-electron chi connectivity index (χ4n) is 3.64. The maximum Gasteiger partial charge on any atom is 0.325 e. The van der Waals surface area contributed by atoms with Crippen LogP contribution in [0.15, 0.2) is 86.0 Å². The van der Waals surface area contributed by atoms with Crippen LogP contribution in [0.3, 0.4) is 0 Å². The zero-order valence-corrected chi connectivity index (χ0v) is 16.8. The average molecular weight is 403 g/mol. The average Bonchev–Trinajstić information content (AvgIpc) is 3.00. The van der Waals surface area contributed by atoms with Gasteiger partial charge in [-0.1, -0.05) is 72.8 Å². The van der Waals surface area contributed by atoms with Crippen LogP contribution in [0.5, 0.6) is 0 Å². The van der Waals surface area contributed by atoms with Crippen molar-refractivity contribution < 1.29 is 14.4 Å². The first-order valence-electron chi connectivity index (χ1n) is 9.75. The Morgan fingerprint density at radius 1 is 0.967 bits per heavy atom. The molecule has 3 rings (SSSR count). The van der Waals surface area contributed by atoms with Gasteiger partial charge in [0.25, 0.3) is 5.91 Å². The van der Waals surface area contributed by atoms with E-state index in [1.165, 1.54) is 4.90 Å². The molecular weight excluding hydrogens is 378 g/mol. The third kappa shape index (κ3) is 4.17. The Morgan fingerprint density at radius 3 is 2.10 bits per heavy atom. The van der Waals surface area contributed by atoms with E-state index < -0.39 is 17.5 Å². The zero-order chi connectivity index (χ0) is 21.6. The van der Waals surface area contributed by atoms with Crippen LogP contribution in [0.2, 0.25) is 0 Å². The van der Waals surface area contributed by atoms with Crippen molar-refractivity contribution in [3.8, 4) is 0 Å². The summed E-state index contributed by atoms with van der Waals surface area (Å²) in [6, 6.07) is 18.0. The van der Waals surface area contributed by atoms with Gasteiger partial charge in [-0.15, -0.1) is 13.2 Å². The molecule has 0 aromatic heterocycles. The summed E-state index contributed by atoms with van der Waals surface area (Å²) in [7, 11) is 0. The summed E-state index contributed by atoms with van der Waals surface area (Å²) in [5.74, 6) is -0.782. The Kier molecular flexibility index (Phi) is 6.47. The third-order valence-electron chi connectivity index (χ3n) is 5.10. The lowest BCUT2D eigenvalue weighted by atomic mass is 9.83. The topological polar surface area (TPSA) is 69.7 Å². The van der Waals surface area contributed by atoms with Gasteiger partial charge in [-0.25, -0.2) is 4.79 Å². The molecule has 2 aromatic rings. The maximum atomic E-state index is 13.5. The molecule has 0 radical (unpaired) electrons. The SMILES string of the molecule is C=CCN(CC=C)C(=O)CN1C(=O)N[C@](Cc2ccccc2)(c2ccccc2)C1=O. The number of rotatable bonds is 9. The van der Waals surface area contributed by atoms with Gasteiger partial charge in [-0.05, 0) is 11.1 Å². The number of imide groups is 1. The Labute approximate surface area is 176 Å². The number of urea groups is 1. The van der Waals surface area contributed by atoms with Crippen molar-refractivity contribution in [2.24, 2.45) is 0 Å². The van der Waals surface area contributed by atoms with E-state index in [-0.39, 0.29) is 18.9 Å². The highest BCUT2D eigenvalue weighted by atomic mass is 16.2. The van der Waals surface area contributed by atoms with Crippen molar-refractivity contribution in [1.82, 2.24) is 15.1 Å². The van der Waals surface area contributed by atoms with E-state index in [0.717, 1.165) is 10.5 Å². The first-order chi connectivity index (χ1) is 14.5. The Morgan fingerprint density at radius 2 is 1.53 bits per heavy atom. The van der Waals surface area contributed by atoms with Crippen molar-refractivity contribution in [1.29, 1.82) is 0 Å². The van der Waals surface area contributed by atoms with Crippen LogP contribution in [-0.4, -0.2) is 47.3 Å². The van der Waals surface area contributed by atoms with E-state index in [9.17, 15) is 14.4 Å². The molecule has 6 nitrogen and oxygen atoms in total. The molecule has 1 heterocycles. The fourth-order valence-corrected chi connectivity index (χ4v) is 3.64. The van der Waals surface area contributed by atoms with Crippen molar-refractivity contribution in [3.05, 3.63) is 97.1 Å². The standard InChI is InChI=1S/C24H25N3O3/c1-3-15-26(16-4-2)21(28)18-27-22(29)24(25-23(27)30,20-13-9-6-10-14-20)17-19-11-7-5-8-12-19/h3-14H,1-2,15-18H2,(H,25,30)/t24-/m1/s1. The molecule has 1 N–H and O–H groups in total. The van der Waals surface area contributed by atoms with E-state index in [1.54, 1.807) is 12.2 Å². The third-order valence-corrected chi connectivity index (χ3v) is 5.10. The van der Waals surface area contributed by atoms with Crippen LogP contribution < -0.4 is 5.32 Å². The molecule has 0 spiro atoms. The summed E-state index contributed by atoms with van der Waals surface area (Å²) in [5, 5.41) is 2.87. The molecule has 0 saturated carbocycles. The highest BCUT2D eigenvalue weighted by Crippen LogP contribution is 2.33. The number of benzene rings is 2. The Bertz CT molecular complexity index is 933. The number of amides is 4. The summed E-state index contributed by atoms with van der Waals surface area (Å²) < 4.78 is 0. The van der Waals surface area contributed by atoms with Crippen LogP contribution >= 0.6 is 0 Å². The minimum atomic E-state index is -1.26. The summed E-state index contributed by atoms with van der Waals surface area (Å²) in [5.41, 5.74) is 0.320. The van der Waals surface area contributed by atoms with Gasteiger partial charge in [0.15, 0.2) is 5.54 Å². The lowest BCUT2D eigenvalue weighted by Gasteiger charge is -2.28. The molecule has 4 amide bonds. The van der Waals surface area contributed by atoms with E-state index in [2.05, 4.69) is 18.5 Å². The molecule has 1 saturated heterocycles. The molecule has 1 aliphatic rings. The van der Waals surface area contributed by atoms with Crippen LogP contribution in [0, 0.1) is 0 Å². The lowest BCUT2D eigenvalue weighted by molar-refractivity contribution is -0.138. The summed E-state index contributed by atoms with van der Waals surface area (Å²) in [6.07, 6.45) is 3.48. The summed E-state index contributed by atoms with van der Waals surface area (Å²) in [4.78, 5) is 41.6. The van der Waals surface area contributed by atoms with Gasteiger partial charge in [0.05, 0.1) is 0 Å². The first kappa shape index (κ1) is 21.0. The van der Waals surface area contributed by atoms with Gasteiger partial charge >= 0.3 is 6.03 Å². The first-order valence-corrected chi connectivity index (χ1v) is 9.75. The van der Waals surface area contributed by atoms with E-state index in [0.29, 0.717) is 18.7 Å². The normalized spacial score (nSPS) is 18.1. The second-order valence-electron chi connectivity index (χ2n) is 7.13. The molecule has 0 unspecified atom stereocenters. The largest absolute Gasteiger partial charge is 0.334 e. The summed E-state index contributed by atoms with van der Waals surface area (Å²) in [6.45, 7) is 7.58. The number of carbonyl (C=O) groups is 3. The number of hydrogen-bond donors (Lipinski definition) is 1. The smallest absolute Gasteiger partial charge is 0.325 e. The number of nitrogens with zero attached hydrogens (tertiary/aromatic N) is 2. The minimum Gasteiger partial charge on any atom is -0.334 e. The van der Waals surface area contributed by atoms with Crippen LogP contribution in [0.25, 0.3) is 0 Å². The molecule has 1 atom stereocenters. The molecule has 1 fully saturated rings. The maximum absolute atomic E-state index is 13.5. The van der Waals surface area contributed by atoms with Gasteiger partial charge in [-0.3, -0.25) is 14.5 Å². The number of carbonyl (C=O) groups excluding carboxylic acids is 3. The Balaban J connectivity index is 1.93. The molecule has 30 heavy (non-hydrogen) atoms. The lowest BCUT2D eigenvalue weighted by Crippen LogP contribution is -2.47. The minimum absolute atomic E-state index is 0.288.